The highest BCUT2D eigenvalue weighted by atomic mass is 16.3. The zero-order chi connectivity index (χ0) is 41.3. The van der Waals surface area contributed by atoms with E-state index in [1.165, 1.54) is 10.8 Å². The maximum absolute atomic E-state index is 9.35. The average molecular weight is 656 g/mol. The molecule has 0 N–H and O–H groups in total. The summed E-state index contributed by atoms with van der Waals surface area (Å²) in [6.45, 7) is 0. The maximum atomic E-state index is 9.35. The molecule has 1 heteroatoms. The molecule has 11 rings (SSSR count). The van der Waals surface area contributed by atoms with Crippen LogP contribution in [0.2, 0.25) is 0 Å². The minimum Gasteiger partial charge on any atom is -0.456 e. The molecule has 0 spiro atoms. The van der Waals surface area contributed by atoms with Gasteiger partial charge in [0.2, 0.25) is 0 Å². The van der Waals surface area contributed by atoms with Crippen molar-refractivity contribution >= 4 is 75.8 Å². The Morgan fingerprint density at radius 3 is 1.71 bits per heavy atom. The van der Waals surface area contributed by atoms with Crippen LogP contribution in [0.3, 0.4) is 0 Å². The number of benzene rings is 10. The highest BCUT2D eigenvalue weighted by molar-refractivity contribution is 6.23. The molecule has 0 radical (unpaired) electrons. The molecular formula is C50H30O. The minimum absolute atomic E-state index is 0.0580. The van der Waals surface area contributed by atoms with Crippen LogP contribution >= 0.6 is 0 Å². The Morgan fingerprint density at radius 1 is 0.373 bits per heavy atom. The van der Waals surface area contributed by atoms with E-state index in [0.717, 1.165) is 54.6 Å². The number of rotatable bonds is 3. The van der Waals surface area contributed by atoms with Gasteiger partial charge < -0.3 is 4.42 Å². The van der Waals surface area contributed by atoms with Crippen LogP contribution < -0.4 is 0 Å². The van der Waals surface area contributed by atoms with Crippen LogP contribution in [0.15, 0.2) is 186 Å². The van der Waals surface area contributed by atoms with Crippen LogP contribution in [0.1, 0.15) is 12.3 Å². The summed E-state index contributed by atoms with van der Waals surface area (Å²) in [7, 11) is 0. The molecule has 51 heavy (non-hydrogen) atoms. The highest BCUT2D eigenvalue weighted by Crippen LogP contribution is 2.46. The minimum atomic E-state index is -0.531. The molecule has 0 atom stereocenters. The molecule has 10 aromatic carbocycles. The second-order valence-corrected chi connectivity index (χ2v) is 12.9. The Labute approximate surface area is 307 Å². The summed E-state index contributed by atoms with van der Waals surface area (Å²) in [5, 5.41) is 8.33. The van der Waals surface area contributed by atoms with Gasteiger partial charge in [0.15, 0.2) is 0 Å². The third-order valence-electron chi connectivity index (χ3n) is 10.1. The summed E-state index contributed by atoms with van der Waals surface area (Å²) in [4.78, 5) is 0. The first-order valence-corrected chi connectivity index (χ1v) is 16.9. The summed E-state index contributed by atoms with van der Waals surface area (Å²) < 4.78 is 85.4. The summed E-state index contributed by atoms with van der Waals surface area (Å²) >= 11 is 0. The van der Waals surface area contributed by atoms with E-state index >= 15 is 0 Å². The zero-order valence-electron chi connectivity index (χ0n) is 36.0. The van der Waals surface area contributed by atoms with Crippen molar-refractivity contribution in [2.45, 2.75) is 0 Å². The lowest BCUT2D eigenvalue weighted by Crippen LogP contribution is -1.91. The Morgan fingerprint density at radius 2 is 0.980 bits per heavy atom. The lowest BCUT2D eigenvalue weighted by Gasteiger charge is -2.18. The van der Waals surface area contributed by atoms with Gasteiger partial charge in [0.25, 0.3) is 0 Å². The van der Waals surface area contributed by atoms with Crippen LogP contribution in [0.5, 0.6) is 0 Å². The van der Waals surface area contributed by atoms with Gasteiger partial charge in [0, 0.05) is 10.8 Å². The summed E-state index contributed by atoms with van der Waals surface area (Å²) in [5.41, 5.74) is 4.93. The highest BCUT2D eigenvalue weighted by Gasteiger charge is 2.19. The maximum Gasteiger partial charge on any atom is 0.136 e. The summed E-state index contributed by atoms with van der Waals surface area (Å²) in [6, 6.07) is 40.2. The molecular weight excluding hydrogens is 617 g/mol. The van der Waals surface area contributed by atoms with E-state index in [2.05, 4.69) is 103 Å². The van der Waals surface area contributed by atoms with Crippen LogP contribution in [0, 0.1) is 0 Å². The van der Waals surface area contributed by atoms with Crippen LogP contribution in [-0.4, -0.2) is 0 Å². The van der Waals surface area contributed by atoms with Crippen LogP contribution in [0.4, 0.5) is 0 Å². The third-order valence-corrected chi connectivity index (χ3v) is 10.1. The Bertz CT molecular complexity index is 3660. The molecule has 1 nitrogen and oxygen atoms in total. The van der Waals surface area contributed by atoms with Gasteiger partial charge >= 0.3 is 0 Å². The van der Waals surface area contributed by atoms with E-state index in [0.29, 0.717) is 5.56 Å². The van der Waals surface area contributed by atoms with E-state index < -0.39 is 24.2 Å². The van der Waals surface area contributed by atoms with Crippen molar-refractivity contribution in [2.75, 3.05) is 0 Å². The Balaban J connectivity index is 1.18. The van der Waals surface area contributed by atoms with Gasteiger partial charge in [-0.3, -0.25) is 0 Å². The molecule has 0 aliphatic heterocycles. The monoisotopic (exact) mass is 655 g/mol. The molecule has 0 unspecified atom stereocenters. The largest absolute Gasteiger partial charge is 0.456 e. The van der Waals surface area contributed by atoms with Crippen molar-refractivity contribution in [1.29, 1.82) is 0 Å². The number of fused-ring (bicyclic) bond motifs is 8. The van der Waals surface area contributed by atoms with Crippen molar-refractivity contribution in [3.05, 3.63) is 182 Å². The molecule has 0 amide bonds. The molecule has 0 aliphatic rings. The van der Waals surface area contributed by atoms with Crippen molar-refractivity contribution in [1.82, 2.24) is 0 Å². The van der Waals surface area contributed by atoms with Crippen LogP contribution in [0.25, 0.3) is 109 Å². The van der Waals surface area contributed by atoms with Gasteiger partial charge in [-0.2, -0.15) is 0 Å². The average Bonchev–Trinajstić information content (AvgIpc) is 3.68. The SMILES string of the molecule is [2H]c1c([2H])c(-c2cccc3cc(-c4c5ccccc5c(-c5ccc6ccccc6c5)c5ccccc45)ccc23)c2c(oc3c([2H])c4c([2H])c([2H])c([2H])c([2H])c4c([2H])c32)c1[2H]. The van der Waals surface area contributed by atoms with Gasteiger partial charge in [0.1, 0.15) is 11.2 Å². The fourth-order valence-electron chi connectivity index (χ4n) is 7.87. The fourth-order valence-corrected chi connectivity index (χ4v) is 7.87. The van der Waals surface area contributed by atoms with Crippen molar-refractivity contribution in [3.63, 3.8) is 0 Å². The Hall–Kier alpha value is -6.70. The number of hydrogen-bond acceptors (Lipinski definition) is 1. The summed E-state index contributed by atoms with van der Waals surface area (Å²) in [5.74, 6) is 0. The lowest BCUT2D eigenvalue weighted by atomic mass is 9.85. The third kappa shape index (κ3) is 4.28. The molecule has 0 saturated carbocycles. The van der Waals surface area contributed by atoms with Gasteiger partial charge in [-0.05, 0) is 118 Å². The smallest absolute Gasteiger partial charge is 0.136 e. The molecule has 1 heterocycles. The molecule has 0 saturated heterocycles. The van der Waals surface area contributed by atoms with Gasteiger partial charge in [0.05, 0.1) is 12.3 Å². The second kappa shape index (κ2) is 10.9. The van der Waals surface area contributed by atoms with Crippen molar-refractivity contribution < 1.29 is 16.8 Å². The fraction of sp³-hybridized carbons (Fsp3) is 0. The van der Waals surface area contributed by atoms with Gasteiger partial charge in [-0.25, -0.2) is 0 Å². The normalized spacial score (nSPS) is 14.4. The molecule has 11 aromatic rings. The van der Waals surface area contributed by atoms with E-state index in [9.17, 15) is 2.74 Å². The molecule has 0 fully saturated rings. The number of hydrogen-bond donors (Lipinski definition) is 0. The standard InChI is InChI=1S/C50H30O/c1-2-12-32-27-36(24-23-31(32)11-1)48-41-16-5-7-18-43(41)49(44-19-8-6-17-42(44)48)37-25-26-38-35(28-37)15-9-20-39(38)40-21-10-22-46-50(40)45-29-33-13-3-4-14-34(33)30-47(45)51-46/h1-30H/i3D,4D,10D,13D,14D,21D,22D,29D,30D. The van der Waals surface area contributed by atoms with Gasteiger partial charge in [-0.15, -0.1) is 0 Å². The van der Waals surface area contributed by atoms with E-state index in [-0.39, 0.29) is 68.5 Å². The van der Waals surface area contributed by atoms with Crippen molar-refractivity contribution in [2.24, 2.45) is 0 Å². The molecule has 236 valence electrons. The molecule has 0 bridgehead atoms. The van der Waals surface area contributed by atoms with E-state index in [1.54, 1.807) is 0 Å². The predicted molar refractivity (Wildman–Crippen MR) is 218 cm³/mol. The first-order chi connectivity index (χ1) is 29.0. The predicted octanol–water partition coefficient (Wildman–Crippen LogP) is 14.4. The second-order valence-electron chi connectivity index (χ2n) is 12.9. The van der Waals surface area contributed by atoms with E-state index in [1.807, 2.05) is 24.3 Å². The topological polar surface area (TPSA) is 13.1 Å². The zero-order valence-corrected chi connectivity index (χ0v) is 27.0. The molecule has 1 aromatic heterocycles. The van der Waals surface area contributed by atoms with Crippen molar-refractivity contribution in [3.8, 4) is 33.4 Å². The Kier molecular flexibility index (Phi) is 4.43. The quantitative estimate of drug-likeness (QED) is 0.173. The first kappa shape index (κ1) is 20.7. The number of furan rings is 1. The molecule has 0 aliphatic carbocycles. The first-order valence-electron chi connectivity index (χ1n) is 21.4. The summed E-state index contributed by atoms with van der Waals surface area (Å²) in [6.07, 6.45) is 0. The van der Waals surface area contributed by atoms with Gasteiger partial charge in [-0.1, -0.05) is 152 Å². The van der Waals surface area contributed by atoms with E-state index in [4.69, 9.17) is 14.0 Å². The van der Waals surface area contributed by atoms with Crippen LogP contribution in [-0.2, 0) is 0 Å². The lowest BCUT2D eigenvalue weighted by molar-refractivity contribution is 0.669.